The molecule has 0 aliphatic carbocycles. The monoisotopic (exact) mass is 244 g/mol. The van der Waals surface area contributed by atoms with Gasteiger partial charge in [-0.3, -0.25) is 4.79 Å². The molecule has 0 radical (unpaired) electrons. The minimum Gasteiger partial charge on any atom is -0.481 e. The number of urea groups is 1. The van der Waals surface area contributed by atoms with E-state index in [-0.39, 0.29) is 18.6 Å². The van der Waals surface area contributed by atoms with Crippen molar-refractivity contribution in [3.8, 4) is 0 Å². The van der Waals surface area contributed by atoms with Gasteiger partial charge < -0.3 is 20.1 Å². The zero-order valence-electron chi connectivity index (χ0n) is 10.5. The van der Waals surface area contributed by atoms with Gasteiger partial charge in [0, 0.05) is 20.2 Å². The van der Waals surface area contributed by atoms with E-state index in [2.05, 4.69) is 5.32 Å². The number of hydrogen-bond donors (Lipinski definition) is 2. The highest BCUT2D eigenvalue weighted by Crippen LogP contribution is 2.29. The molecule has 1 aliphatic heterocycles. The van der Waals surface area contributed by atoms with Crippen LogP contribution in [0.15, 0.2) is 0 Å². The van der Waals surface area contributed by atoms with Crippen molar-refractivity contribution in [2.45, 2.75) is 26.3 Å². The van der Waals surface area contributed by atoms with Gasteiger partial charge in [-0.25, -0.2) is 4.79 Å². The van der Waals surface area contributed by atoms with Gasteiger partial charge in [-0.2, -0.15) is 0 Å². The Balaban J connectivity index is 2.48. The van der Waals surface area contributed by atoms with E-state index in [4.69, 9.17) is 9.84 Å². The van der Waals surface area contributed by atoms with E-state index in [0.29, 0.717) is 19.6 Å². The summed E-state index contributed by atoms with van der Waals surface area (Å²) < 4.78 is 4.92. The number of carboxylic acids is 1. The Morgan fingerprint density at radius 2 is 2.24 bits per heavy atom. The van der Waals surface area contributed by atoms with Crippen molar-refractivity contribution < 1.29 is 19.4 Å². The number of carboxylic acid groups (broad SMARTS) is 1. The Morgan fingerprint density at radius 3 is 2.71 bits per heavy atom. The summed E-state index contributed by atoms with van der Waals surface area (Å²) in [5, 5.41) is 11.8. The summed E-state index contributed by atoms with van der Waals surface area (Å²) >= 11 is 0. The average molecular weight is 244 g/mol. The van der Waals surface area contributed by atoms with Crippen LogP contribution >= 0.6 is 0 Å². The van der Waals surface area contributed by atoms with Gasteiger partial charge in [0.2, 0.25) is 0 Å². The predicted octanol–water partition coefficient (Wildman–Crippen LogP) is 0.527. The Kier molecular flexibility index (Phi) is 4.34. The van der Waals surface area contributed by atoms with E-state index in [0.717, 1.165) is 0 Å². The van der Waals surface area contributed by atoms with Gasteiger partial charge in [-0.1, -0.05) is 0 Å². The van der Waals surface area contributed by atoms with Crippen LogP contribution in [-0.4, -0.2) is 54.9 Å². The molecule has 0 saturated carbocycles. The van der Waals surface area contributed by atoms with Crippen LogP contribution in [0.1, 0.15) is 20.3 Å². The number of likely N-dealkylation sites (tertiary alicyclic amines) is 1. The molecule has 0 spiro atoms. The first-order valence-corrected chi connectivity index (χ1v) is 5.67. The average Bonchev–Trinajstić information content (AvgIpc) is 2.62. The number of carbonyl (C=O) groups excluding carboxylic acids is 1. The van der Waals surface area contributed by atoms with Gasteiger partial charge >= 0.3 is 12.0 Å². The molecular weight excluding hydrogens is 224 g/mol. The van der Waals surface area contributed by atoms with Crippen molar-refractivity contribution in [2.75, 3.05) is 26.8 Å². The van der Waals surface area contributed by atoms with Gasteiger partial charge in [-0.15, -0.1) is 0 Å². The normalized spacial score (nSPS) is 25.7. The first-order valence-electron chi connectivity index (χ1n) is 5.67. The zero-order valence-corrected chi connectivity index (χ0v) is 10.5. The number of rotatable bonds is 4. The summed E-state index contributed by atoms with van der Waals surface area (Å²) in [4.78, 5) is 24.4. The first-order chi connectivity index (χ1) is 7.89. The third-order valence-corrected chi connectivity index (χ3v) is 3.06. The summed E-state index contributed by atoms with van der Waals surface area (Å²) in [5.41, 5.74) is -0.818. The first kappa shape index (κ1) is 13.8. The van der Waals surface area contributed by atoms with Crippen molar-refractivity contribution >= 4 is 12.0 Å². The molecule has 0 aromatic carbocycles. The summed E-state index contributed by atoms with van der Waals surface area (Å²) in [7, 11) is 1.57. The summed E-state index contributed by atoms with van der Waals surface area (Å²) in [5.74, 6) is -0.849. The highest BCUT2D eigenvalue weighted by molar-refractivity contribution is 5.79. The number of aliphatic carboxylic acids is 1. The molecule has 6 nitrogen and oxygen atoms in total. The van der Waals surface area contributed by atoms with Crippen LogP contribution in [0.3, 0.4) is 0 Å². The molecule has 2 N–H and O–H groups in total. The van der Waals surface area contributed by atoms with Crippen molar-refractivity contribution in [2.24, 2.45) is 5.41 Å². The maximum atomic E-state index is 11.8. The number of carbonyl (C=O) groups is 2. The second-order valence-corrected chi connectivity index (χ2v) is 4.84. The van der Waals surface area contributed by atoms with Gasteiger partial charge in [0.15, 0.2) is 0 Å². The van der Waals surface area contributed by atoms with Gasteiger partial charge in [0.1, 0.15) is 0 Å². The fourth-order valence-corrected chi connectivity index (χ4v) is 1.90. The SMILES string of the molecule is COCC(C)NC(=O)N1CCC(C)(C(=O)O)C1. The lowest BCUT2D eigenvalue weighted by Crippen LogP contribution is -2.45. The van der Waals surface area contributed by atoms with Crippen LogP contribution in [0.4, 0.5) is 4.79 Å². The molecule has 6 heteroatoms. The number of nitrogens with one attached hydrogen (secondary N) is 1. The Morgan fingerprint density at radius 1 is 1.59 bits per heavy atom. The molecular formula is C11H20N2O4. The fraction of sp³-hybridized carbons (Fsp3) is 0.818. The van der Waals surface area contributed by atoms with E-state index in [1.165, 1.54) is 0 Å². The molecule has 0 aromatic heterocycles. The van der Waals surface area contributed by atoms with Gasteiger partial charge in [0.25, 0.3) is 0 Å². The third kappa shape index (κ3) is 3.33. The maximum Gasteiger partial charge on any atom is 0.317 e. The van der Waals surface area contributed by atoms with E-state index in [1.54, 1.807) is 18.9 Å². The van der Waals surface area contributed by atoms with Crippen LogP contribution in [-0.2, 0) is 9.53 Å². The number of nitrogens with zero attached hydrogens (tertiary/aromatic N) is 1. The molecule has 2 unspecified atom stereocenters. The van der Waals surface area contributed by atoms with Crippen LogP contribution in [0, 0.1) is 5.41 Å². The molecule has 2 atom stereocenters. The number of hydrogen-bond acceptors (Lipinski definition) is 3. The predicted molar refractivity (Wildman–Crippen MR) is 61.8 cm³/mol. The molecule has 1 rings (SSSR count). The molecule has 17 heavy (non-hydrogen) atoms. The molecule has 2 amide bonds. The van der Waals surface area contributed by atoms with Crippen LogP contribution in [0.25, 0.3) is 0 Å². The number of amides is 2. The van der Waals surface area contributed by atoms with Crippen LogP contribution in [0.5, 0.6) is 0 Å². The van der Waals surface area contributed by atoms with Crippen molar-refractivity contribution in [3.63, 3.8) is 0 Å². The smallest absolute Gasteiger partial charge is 0.317 e. The van der Waals surface area contributed by atoms with Gasteiger partial charge in [0.05, 0.1) is 18.1 Å². The van der Waals surface area contributed by atoms with E-state index in [9.17, 15) is 9.59 Å². The fourth-order valence-electron chi connectivity index (χ4n) is 1.90. The minimum absolute atomic E-state index is 0.0795. The maximum absolute atomic E-state index is 11.8. The topological polar surface area (TPSA) is 78.9 Å². The molecule has 0 bridgehead atoms. The summed E-state index contributed by atoms with van der Waals surface area (Å²) in [6.45, 7) is 4.69. The quantitative estimate of drug-likeness (QED) is 0.756. The zero-order chi connectivity index (χ0) is 13.1. The third-order valence-electron chi connectivity index (χ3n) is 3.06. The largest absolute Gasteiger partial charge is 0.481 e. The molecule has 1 heterocycles. The lowest BCUT2D eigenvalue weighted by molar-refractivity contribution is -0.146. The van der Waals surface area contributed by atoms with Gasteiger partial charge in [-0.05, 0) is 20.3 Å². The molecule has 1 fully saturated rings. The minimum atomic E-state index is -0.849. The molecule has 1 saturated heterocycles. The van der Waals surface area contributed by atoms with Crippen molar-refractivity contribution in [1.29, 1.82) is 0 Å². The van der Waals surface area contributed by atoms with E-state index >= 15 is 0 Å². The Bertz CT molecular complexity index is 308. The van der Waals surface area contributed by atoms with E-state index in [1.807, 2.05) is 6.92 Å². The molecule has 98 valence electrons. The summed E-state index contributed by atoms with van der Waals surface area (Å²) in [6.07, 6.45) is 0.494. The lowest BCUT2D eigenvalue weighted by Gasteiger charge is -2.22. The second kappa shape index (κ2) is 5.35. The Labute approximate surface area is 101 Å². The number of ether oxygens (including phenoxy) is 1. The standard InChI is InChI=1S/C11H20N2O4/c1-8(6-17-3)12-10(16)13-5-4-11(2,7-13)9(14)15/h8H,4-7H2,1-3H3,(H,12,16)(H,14,15). The lowest BCUT2D eigenvalue weighted by atomic mass is 9.90. The second-order valence-electron chi connectivity index (χ2n) is 4.84. The molecule has 0 aromatic rings. The van der Waals surface area contributed by atoms with Crippen molar-refractivity contribution in [3.05, 3.63) is 0 Å². The highest BCUT2D eigenvalue weighted by atomic mass is 16.5. The van der Waals surface area contributed by atoms with Crippen molar-refractivity contribution in [1.82, 2.24) is 10.2 Å². The van der Waals surface area contributed by atoms with Crippen LogP contribution < -0.4 is 5.32 Å². The van der Waals surface area contributed by atoms with Crippen LogP contribution in [0.2, 0.25) is 0 Å². The number of methoxy groups -OCH3 is 1. The molecule has 1 aliphatic rings. The summed E-state index contributed by atoms with van der Waals surface area (Å²) in [6, 6.07) is -0.302. The van der Waals surface area contributed by atoms with E-state index < -0.39 is 11.4 Å². The Hall–Kier alpha value is -1.30. The highest BCUT2D eigenvalue weighted by Gasteiger charge is 2.42.